The average molecular weight is 261 g/mol. The standard InChI is InChI=1S/C14H19N3O2/c1-11(18)17-9-8-16(2)13(10-17)14(19)15-12-6-4-3-5-7-12/h3-7,13H,8-10H2,1-2H3,(H,15,19)/t13-/m0/s1. The molecule has 1 atom stereocenters. The molecule has 1 aromatic carbocycles. The molecule has 1 aliphatic rings. The first-order valence-corrected chi connectivity index (χ1v) is 6.39. The number of hydrogen-bond acceptors (Lipinski definition) is 3. The number of amides is 2. The predicted octanol–water partition coefficient (Wildman–Crippen LogP) is 0.788. The highest BCUT2D eigenvalue weighted by Gasteiger charge is 2.30. The third-order valence-electron chi connectivity index (χ3n) is 3.44. The molecule has 0 unspecified atom stereocenters. The molecule has 1 N–H and O–H groups in total. The van der Waals surface area contributed by atoms with Crippen LogP contribution in [0.4, 0.5) is 5.69 Å². The minimum absolute atomic E-state index is 0.0191. The van der Waals surface area contributed by atoms with Gasteiger partial charge in [0.25, 0.3) is 0 Å². The van der Waals surface area contributed by atoms with E-state index in [1.54, 1.807) is 4.90 Å². The van der Waals surface area contributed by atoms with Gasteiger partial charge in [0, 0.05) is 32.2 Å². The zero-order valence-electron chi connectivity index (χ0n) is 11.3. The number of benzene rings is 1. The second-order valence-electron chi connectivity index (χ2n) is 4.82. The fourth-order valence-corrected chi connectivity index (χ4v) is 2.19. The largest absolute Gasteiger partial charge is 0.340 e. The highest BCUT2D eigenvalue weighted by Crippen LogP contribution is 2.12. The molecule has 2 rings (SSSR count). The zero-order chi connectivity index (χ0) is 13.8. The van der Waals surface area contributed by atoms with E-state index < -0.39 is 0 Å². The Morgan fingerprint density at radius 3 is 2.53 bits per heavy atom. The van der Waals surface area contributed by atoms with Gasteiger partial charge < -0.3 is 10.2 Å². The van der Waals surface area contributed by atoms with Crippen LogP contribution in [0.2, 0.25) is 0 Å². The predicted molar refractivity (Wildman–Crippen MR) is 73.7 cm³/mol. The summed E-state index contributed by atoms with van der Waals surface area (Å²) in [6.07, 6.45) is 0. The van der Waals surface area contributed by atoms with Crippen LogP contribution in [0.5, 0.6) is 0 Å². The molecule has 102 valence electrons. The van der Waals surface area contributed by atoms with Crippen LogP contribution in [0.1, 0.15) is 6.92 Å². The highest BCUT2D eigenvalue weighted by atomic mass is 16.2. The van der Waals surface area contributed by atoms with Gasteiger partial charge in [0.05, 0.1) is 0 Å². The van der Waals surface area contributed by atoms with Crippen LogP contribution in [0.25, 0.3) is 0 Å². The quantitative estimate of drug-likeness (QED) is 0.856. The molecule has 1 aromatic rings. The third kappa shape index (κ3) is 3.32. The van der Waals surface area contributed by atoms with Crippen molar-refractivity contribution in [2.24, 2.45) is 0 Å². The average Bonchev–Trinajstić information content (AvgIpc) is 2.40. The molecule has 5 nitrogen and oxygen atoms in total. The Labute approximate surface area is 113 Å². The number of hydrogen-bond donors (Lipinski definition) is 1. The first-order chi connectivity index (χ1) is 9.08. The summed E-state index contributed by atoms with van der Waals surface area (Å²) in [5, 5.41) is 2.88. The van der Waals surface area contributed by atoms with Gasteiger partial charge >= 0.3 is 0 Å². The second kappa shape index (κ2) is 5.84. The molecule has 1 heterocycles. The molecule has 0 radical (unpaired) electrons. The number of piperazine rings is 1. The number of likely N-dealkylation sites (N-methyl/N-ethyl adjacent to an activating group) is 1. The normalized spacial score (nSPS) is 20.1. The molecule has 1 saturated heterocycles. The molecule has 1 fully saturated rings. The number of carbonyl (C=O) groups excluding carboxylic acids is 2. The smallest absolute Gasteiger partial charge is 0.243 e. The number of para-hydroxylation sites is 1. The van der Waals surface area contributed by atoms with E-state index >= 15 is 0 Å². The van der Waals surface area contributed by atoms with Gasteiger partial charge in [-0.3, -0.25) is 14.5 Å². The maximum atomic E-state index is 12.3. The third-order valence-corrected chi connectivity index (χ3v) is 3.44. The number of nitrogens with zero attached hydrogens (tertiary/aromatic N) is 2. The Balaban J connectivity index is 2.02. The number of anilines is 1. The molecule has 19 heavy (non-hydrogen) atoms. The Hall–Kier alpha value is -1.88. The van der Waals surface area contributed by atoms with Crippen LogP contribution >= 0.6 is 0 Å². The van der Waals surface area contributed by atoms with Gasteiger partial charge in [-0.05, 0) is 19.2 Å². The summed E-state index contributed by atoms with van der Waals surface area (Å²) in [5.74, 6) is -0.0507. The Morgan fingerprint density at radius 2 is 1.89 bits per heavy atom. The SMILES string of the molecule is CC(=O)N1CCN(C)[C@H](C(=O)Nc2ccccc2)C1. The minimum atomic E-state index is -0.294. The van der Waals surface area contributed by atoms with Gasteiger partial charge in [-0.2, -0.15) is 0 Å². The van der Waals surface area contributed by atoms with Crippen molar-refractivity contribution in [1.29, 1.82) is 0 Å². The molecule has 2 amide bonds. The lowest BCUT2D eigenvalue weighted by Crippen LogP contribution is -2.57. The van der Waals surface area contributed by atoms with Gasteiger partial charge in [-0.25, -0.2) is 0 Å². The Bertz CT molecular complexity index is 461. The summed E-state index contributed by atoms with van der Waals surface area (Å²) >= 11 is 0. The minimum Gasteiger partial charge on any atom is -0.340 e. The van der Waals surface area contributed by atoms with Gasteiger partial charge in [0.2, 0.25) is 11.8 Å². The van der Waals surface area contributed by atoms with Gasteiger partial charge in [-0.15, -0.1) is 0 Å². The van der Waals surface area contributed by atoms with Crippen molar-refractivity contribution in [2.45, 2.75) is 13.0 Å². The van der Waals surface area contributed by atoms with Crippen LogP contribution in [0, 0.1) is 0 Å². The molecule has 0 aromatic heterocycles. The van der Waals surface area contributed by atoms with Gasteiger partial charge in [-0.1, -0.05) is 18.2 Å². The van der Waals surface area contributed by atoms with Gasteiger partial charge in [0.1, 0.15) is 6.04 Å². The second-order valence-corrected chi connectivity index (χ2v) is 4.82. The number of rotatable bonds is 2. The van der Waals surface area contributed by atoms with Crippen molar-refractivity contribution in [3.8, 4) is 0 Å². The van der Waals surface area contributed by atoms with E-state index in [4.69, 9.17) is 0 Å². The number of carbonyl (C=O) groups is 2. The Kier molecular flexibility index (Phi) is 4.16. The number of nitrogens with one attached hydrogen (secondary N) is 1. The van der Waals surface area contributed by atoms with Crippen molar-refractivity contribution < 1.29 is 9.59 Å². The van der Waals surface area contributed by atoms with E-state index in [9.17, 15) is 9.59 Å². The van der Waals surface area contributed by atoms with E-state index in [1.807, 2.05) is 42.3 Å². The fraction of sp³-hybridized carbons (Fsp3) is 0.429. The first kappa shape index (κ1) is 13.5. The first-order valence-electron chi connectivity index (χ1n) is 6.39. The van der Waals surface area contributed by atoms with Crippen molar-refractivity contribution in [3.05, 3.63) is 30.3 Å². The molecule has 0 bridgehead atoms. The molecular weight excluding hydrogens is 242 g/mol. The summed E-state index contributed by atoms with van der Waals surface area (Å²) < 4.78 is 0. The Morgan fingerprint density at radius 1 is 1.21 bits per heavy atom. The topological polar surface area (TPSA) is 52.7 Å². The molecule has 5 heteroatoms. The fourth-order valence-electron chi connectivity index (χ4n) is 2.19. The van der Waals surface area contributed by atoms with E-state index in [0.29, 0.717) is 19.6 Å². The molecule has 0 spiro atoms. The molecule has 0 aliphatic carbocycles. The summed E-state index contributed by atoms with van der Waals surface area (Å²) in [5.41, 5.74) is 0.779. The van der Waals surface area contributed by atoms with Crippen molar-refractivity contribution in [2.75, 3.05) is 32.0 Å². The molecular formula is C14H19N3O2. The monoisotopic (exact) mass is 261 g/mol. The van der Waals surface area contributed by atoms with Crippen LogP contribution in [0.3, 0.4) is 0 Å². The summed E-state index contributed by atoms with van der Waals surface area (Å²) in [7, 11) is 1.91. The van der Waals surface area contributed by atoms with Crippen molar-refractivity contribution >= 4 is 17.5 Å². The molecule has 1 aliphatic heterocycles. The summed E-state index contributed by atoms with van der Waals surface area (Å²) in [6.45, 7) is 3.38. The van der Waals surface area contributed by atoms with Crippen LogP contribution in [0.15, 0.2) is 30.3 Å². The lowest BCUT2D eigenvalue weighted by Gasteiger charge is -2.38. The zero-order valence-corrected chi connectivity index (χ0v) is 11.3. The van der Waals surface area contributed by atoms with Gasteiger partial charge in [0.15, 0.2) is 0 Å². The molecule has 0 saturated carbocycles. The van der Waals surface area contributed by atoms with Crippen LogP contribution < -0.4 is 5.32 Å². The highest BCUT2D eigenvalue weighted by molar-refractivity contribution is 5.95. The summed E-state index contributed by atoms with van der Waals surface area (Å²) in [4.78, 5) is 27.4. The van der Waals surface area contributed by atoms with E-state index in [0.717, 1.165) is 5.69 Å². The van der Waals surface area contributed by atoms with Crippen LogP contribution in [-0.2, 0) is 9.59 Å². The maximum absolute atomic E-state index is 12.3. The van der Waals surface area contributed by atoms with E-state index in [2.05, 4.69) is 5.32 Å². The maximum Gasteiger partial charge on any atom is 0.243 e. The lowest BCUT2D eigenvalue weighted by atomic mass is 10.1. The van der Waals surface area contributed by atoms with Crippen LogP contribution in [-0.4, -0.2) is 54.3 Å². The lowest BCUT2D eigenvalue weighted by molar-refractivity contribution is -0.134. The van der Waals surface area contributed by atoms with Crippen molar-refractivity contribution in [1.82, 2.24) is 9.80 Å². The van der Waals surface area contributed by atoms with E-state index in [1.165, 1.54) is 6.92 Å². The van der Waals surface area contributed by atoms with E-state index in [-0.39, 0.29) is 17.9 Å². The van der Waals surface area contributed by atoms with Crippen molar-refractivity contribution in [3.63, 3.8) is 0 Å². The summed E-state index contributed by atoms with van der Waals surface area (Å²) in [6, 6.07) is 9.06.